The molecule has 0 amide bonds. The Hall–Kier alpha value is -3.21. The minimum Gasteiger partial charge on any atom is -0.489 e. The number of nitrogens with zero attached hydrogens (tertiary/aromatic N) is 4. The van der Waals surface area contributed by atoms with Gasteiger partial charge in [-0.3, -0.25) is 14.6 Å². The van der Waals surface area contributed by atoms with Gasteiger partial charge in [0.2, 0.25) is 0 Å². The van der Waals surface area contributed by atoms with Gasteiger partial charge in [-0.15, -0.1) is 0 Å². The number of hydrogen-bond acceptors (Lipinski definition) is 9. The van der Waals surface area contributed by atoms with Crippen molar-refractivity contribution >= 4 is 40.0 Å². The quantitative estimate of drug-likeness (QED) is 0.331. The second kappa shape index (κ2) is 12.1. The third-order valence-corrected chi connectivity index (χ3v) is 7.90. The molecule has 9 nitrogen and oxygen atoms in total. The number of benzene rings is 2. The van der Waals surface area contributed by atoms with E-state index in [0.29, 0.717) is 54.1 Å². The number of rotatable bonds is 11. The van der Waals surface area contributed by atoms with Crippen LogP contribution in [0.2, 0.25) is 5.02 Å². The number of ether oxygens (including phenoxy) is 3. The lowest BCUT2D eigenvalue weighted by Crippen LogP contribution is -2.49. The van der Waals surface area contributed by atoms with Gasteiger partial charge in [-0.2, -0.15) is 0 Å². The minimum absolute atomic E-state index is 0.0354. The molecule has 1 saturated carbocycles. The lowest BCUT2D eigenvalue weighted by Gasteiger charge is -2.35. The summed E-state index contributed by atoms with van der Waals surface area (Å²) < 4.78 is 31.5. The third-order valence-electron chi connectivity index (χ3n) is 7.61. The van der Waals surface area contributed by atoms with Gasteiger partial charge >= 0.3 is 5.97 Å². The van der Waals surface area contributed by atoms with Crippen LogP contribution in [0.4, 0.5) is 15.9 Å². The van der Waals surface area contributed by atoms with E-state index in [1.807, 2.05) is 12.1 Å². The number of anilines is 2. The van der Waals surface area contributed by atoms with E-state index < -0.39 is 5.82 Å². The number of halogens is 2. The minimum atomic E-state index is -0.476. The van der Waals surface area contributed by atoms with Crippen LogP contribution in [0, 0.1) is 11.7 Å². The number of fused-ring (bicyclic) bond motifs is 1. The highest BCUT2D eigenvalue weighted by Crippen LogP contribution is 2.37. The van der Waals surface area contributed by atoms with E-state index >= 15 is 0 Å². The van der Waals surface area contributed by atoms with Crippen molar-refractivity contribution in [1.29, 1.82) is 0 Å². The first-order valence-electron chi connectivity index (χ1n) is 13.9. The first-order chi connectivity index (χ1) is 19.5. The molecule has 1 unspecified atom stereocenters. The van der Waals surface area contributed by atoms with Gasteiger partial charge in [0, 0.05) is 62.8 Å². The number of hydrogen-bond donors (Lipinski definition) is 1. The molecular weight excluding hydrogens is 537 g/mol. The molecule has 3 aromatic rings. The molecule has 212 valence electrons. The smallest absolute Gasteiger partial charge is 0.306 e. The van der Waals surface area contributed by atoms with Crippen LogP contribution >= 0.6 is 11.6 Å². The van der Waals surface area contributed by atoms with Crippen molar-refractivity contribution < 1.29 is 23.4 Å². The molecule has 2 aromatic carbocycles. The van der Waals surface area contributed by atoms with Gasteiger partial charge in [0.05, 0.1) is 17.1 Å². The Morgan fingerprint density at radius 1 is 1.02 bits per heavy atom. The van der Waals surface area contributed by atoms with Gasteiger partial charge in [-0.1, -0.05) is 11.6 Å². The van der Waals surface area contributed by atoms with E-state index in [1.54, 1.807) is 6.07 Å². The molecule has 3 aliphatic rings. The van der Waals surface area contributed by atoms with Crippen molar-refractivity contribution in [1.82, 2.24) is 19.8 Å². The maximum atomic E-state index is 13.6. The van der Waals surface area contributed by atoms with Crippen molar-refractivity contribution in [2.45, 2.75) is 31.8 Å². The fraction of sp³-hybridized carbons (Fsp3) is 0.483. The van der Waals surface area contributed by atoms with Gasteiger partial charge in [0.15, 0.2) is 11.5 Å². The van der Waals surface area contributed by atoms with E-state index in [-0.39, 0.29) is 17.1 Å². The third kappa shape index (κ3) is 6.74. The van der Waals surface area contributed by atoms with Crippen LogP contribution in [0.5, 0.6) is 11.5 Å². The van der Waals surface area contributed by atoms with Crippen molar-refractivity contribution in [2.24, 2.45) is 5.92 Å². The Labute approximate surface area is 237 Å². The summed E-state index contributed by atoms with van der Waals surface area (Å²) in [5.41, 5.74) is 1.33. The van der Waals surface area contributed by atoms with Gasteiger partial charge in [-0.05, 0) is 49.4 Å². The number of aromatic nitrogens is 2. The predicted molar refractivity (Wildman–Crippen MR) is 150 cm³/mol. The number of esters is 1. The largest absolute Gasteiger partial charge is 0.489 e. The Morgan fingerprint density at radius 2 is 1.82 bits per heavy atom. The zero-order valence-corrected chi connectivity index (χ0v) is 23.0. The van der Waals surface area contributed by atoms with Gasteiger partial charge in [-0.25, -0.2) is 14.4 Å². The summed E-state index contributed by atoms with van der Waals surface area (Å²) in [6.07, 6.45) is 5.25. The van der Waals surface area contributed by atoms with Crippen molar-refractivity contribution in [3.63, 3.8) is 0 Å². The summed E-state index contributed by atoms with van der Waals surface area (Å²) in [6.45, 7) is 6.58. The molecule has 2 saturated heterocycles. The van der Waals surface area contributed by atoms with E-state index in [1.165, 1.54) is 31.3 Å². The highest BCUT2D eigenvalue weighted by Gasteiger charge is 2.27. The molecule has 6 rings (SSSR count). The molecule has 40 heavy (non-hydrogen) atoms. The number of piperazine rings is 1. The highest BCUT2D eigenvalue weighted by atomic mass is 35.5. The Morgan fingerprint density at radius 3 is 2.58 bits per heavy atom. The van der Waals surface area contributed by atoms with Crippen molar-refractivity contribution in [2.75, 3.05) is 57.8 Å². The Bertz CT molecular complexity index is 1370. The lowest BCUT2D eigenvalue weighted by molar-refractivity contribution is -0.142. The average molecular weight is 570 g/mol. The molecule has 2 aliphatic heterocycles. The standard InChI is InChI=1S/C29H33ClFN5O4/c30-23-13-20(3-5-24(23)31)34-29-22-14-26(39-17-19-1-2-19)27(15-25(22)32-18-33-29)38-12-11-35-7-9-36(10-8-35)16-21-4-6-28(37)40-21/h3,5,13-15,18-19,21H,1-2,4,6-12,16-17H2,(H,32,33,34). The lowest BCUT2D eigenvalue weighted by atomic mass is 10.2. The molecule has 11 heteroatoms. The molecule has 0 radical (unpaired) electrons. The number of nitrogens with one attached hydrogen (secondary N) is 1. The van der Waals surface area contributed by atoms with Gasteiger partial charge < -0.3 is 19.5 Å². The van der Waals surface area contributed by atoms with Crippen molar-refractivity contribution in [3.8, 4) is 11.5 Å². The second-order valence-corrected chi connectivity index (χ2v) is 11.1. The summed E-state index contributed by atoms with van der Waals surface area (Å²) >= 11 is 5.97. The molecule has 1 aliphatic carbocycles. The maximum absolute atomic E-state index is 13.6. The highest BCUT2D eigenvalue weighted by molar-refractivity contribution is 6.31. The van der Waals surface area contributed by atoms with Crippen LogP contribution in [-0.2, 0) is 9.53 Å². The summed E-state index contributed by atoms with van der Waals surface area (Å²) in [5.74, 6) is 1.91. The number of carbonyl (C=O) groups is 1. The van der Waals surface area contributed by atoms with Gasteiger partial charge in [0.25, 0.3) is 0 Å². The normalized spacial score (nSPS) is 20.1. The molecule has 0 bridgehead atoms. The van der Waals surface area contributed by atoms with Crippen LogP contribution in [-0.4, -0.2) is 84.3 Å². The van der Waals surface area contributed by atoms with E-state index in [0.717, 1.165) is 51.1 Å². The average Bonchev–Trinajstić information content (AvgIpc) is 3.70. The Balaban J connectivity index is 1.10. The van der Waals surface area contributed by atoms with E-state index in [4.69, 9.17) is 25.8 Å². The summed E-state index contributed by atoms with van der Waals surface area (Å²) in [6, 6.07) is 8.25. The van der Waals surface area contributed by atoms with Crippen LogP contribution in [0.1, 0.15) is 25.7 Å². The predicted octanol–water partition coefficient (Wildman–Crippen LogP) is 4.66. The van der Waals surface area contributed by atoms with Crippen molar-refractivity contribution in [3.05, 3.63) is 47.5 Å². The zero-order chi connectivity index (χ0) is 27.5. The number of cyclic esters (lactones) is 1. The zero-order valence-electron chi connectivity index (χ0n) is 22.3. The molecule has 1 N–H and O–H groups in total. The molecule has 3 fully saturated rings. The maximum Gasteiger partial charge on any atom is 0.306 e. The topological polar surface area (TPSA) is 89.1 Å². The van der Waals surface area contributed by atoms with E-state index in [2.05, 4.69) is 25.1 Å². The summed E-state index contributed by atoms with van der Waals surface area (Å²) in [7, 11) is 0. The van der Waals surface area contributed by atoms with Gasteiger partial charge in [0.1, 0.15) is 30.7 Å². The first kappa shape index (κ1) is 27.0. The second-order valence-electron chi connectivity index (χ2n) is 10.7. The fourth-order valence-corrected chi connectivity index (χ4v) is 5.25. The molecule has 3 heterocycles. The Kier molecular flexibility index (Phi) is 8.17. The summed E-state index contributed by atoms with van der Waals surface area (Å²) in [5, 5.41) is 4.02. The summed E-state index contributed by atoms with van der Waals surface area (Å²) in [4.78, 5) is 25.0. The SMILES string of the molecule is O=C1CCC(CN2CCN(CCOc3cc4ncnc(Nc5ccc(F)c(Cl)c5)c4cc3OCC3CC3)CC2)O1. The molecule has 1 atom stereocenters. The monoisotopic (exact) mass is 569 g/mol. The number of carbonyl (C=O) groups excluding carboxylic acids is 1. The molecule has 0 spiro atoms. The van der Waals surface area contributed by atoms with Crippen LogP contribution in [0.25, 0.3) is 10.9 Å². The molecular formula is C29H33ClFN5O4. The molecule has 1 aromatic heterocycles. The fourth-order valence-electron chi connectivity index (χ4n) is 5.07. The van der Waals surface area contributed by atoms with Crippen LogP contribution in [0.15, 0.2) is 36.7 Å². The van der Waals surface area contributed by atoms with Crippen LogP contribution in [0.3, 0.4) is 0 Å². The first-order valence-corrected chi connectivity index (χ1v) is 14.3. The van der Waals surface area contributed by atoms with Crippen LogP contribution < -0.4 is 14.8 Å². The van der Waals surface area contributed by atoms with E-state index in [9.17, 15) is 9.18 Å².